The number of piperidine rings is 1. The molecule has 0 aromatic carbocycles. The first-order chi connectivity index (χ1) is 11.2. The first kappa shape index (κ1) is 14.0. The van der Waals surface area contributed by atoms with Crippen LogP contribution < -0.4 is 0 Å². The van der Waals surface area contributed by atoms with Crippen LogP contribution in [-0.4, -0.2) is 42.8 Å². The van der Waals surface area contributed by atoms with Gasteiger partial charge in [-0.25, -0.2) is 9.97 Å². The Labute approximate surface area is 134 Å². The summed E-state index contributed by atoms with van der Waals surface area (Å²) >= 11 is 0. The molecule has 0 bridgehead atoms. The third kappa shape index (κ3) is 2.60. The molecule has 6 heteroatoms. The second kappa shape index (κ2) is 5.53. The van der Waals surface area contributed by atoms with Crippen molar-refractivity contribution in [2.75, 3.05) is 13.1 Å². The monoisotopic (exact) mass is 309 g/mol. The summed E-state index contributed by atoms with van der Waals surface area (Å²) in [6.07, 6.45) is 11.4. The fourth-order valence-electron chi connectivity index (χ4n) is 3.22. The van der Waals surface area contributed by atoms with Gasteiger partial charge in [0.05, 0.1) is 12.4 Å². The minimum Gasteiger partial charge on any atom is -0.335 e. The van der Waals surface area contributed by atoms with E-state index in [2.05, 4.69) is 14.5 Å². The number of aromatic nitrogens is 4. The largest absolute Gasteiger partial charge is 0.335 e. The smallest absolute Gasteiger partial charge is 0.274 e. The highest BCUT2D eigenvalue weighted by Crippen LogP contribution is 2.22. The number of amides is 1. The molecule has 1 atom stereocenters. The van der Waals surface area contributed by atoms with E-state index in [1.165, 1.54) is 0 Å². The highest BCUT2D eigenvalue weighted by atomic mass is 16.2. The molecule has 4 rings (SSSR count). The number of rotatable bonds is 2. The summed E-state index contributed by atoms with van der Waals surface area (Å²) in [6, 6.07) is 4.30. The maximum atomic E-state index is 12.8. The molecule has 1 fully saturated rings. The van der Waals surface area contributed by atoms with Gasteiger partial charge in [-0.05, 0) is 37.5 Å². The Hall–Kier alpha value is -2.63. The minimum atomic E-state index is 0.0103. The number of hydrogen-bond donors (Lipinski definition) is 0. The van der Waals surface area contributed by atoms with E-state index in [-0.39, 0.29) is 5.91 Å². The van der Waals surface area contributed by atoms with E-state index in [1.54, 1.807) is 6.20 Å². The predicted molar refractivity (Wildman–Crippen MR) is 86.3 cm³/mol. The van der Waals surface area contributed by atoms with Crippen molar-refractivity contribution in [1.82, 2.24) is 23.8 Å². The molecule has 4 heterocycles. The highest BCUT2D eigenvalue weighted by Gasteiger charge is 2.26. The zero-order chi connectivity index (χ0) is 15.8. The number of hydrogen-bond acceptors (Lipinski definition) is 3. The van der Waals surface area contributed by atoms with E-state index < -0.39 is 0 Å². The fourth-order valence-corrected chi connectivity index (χ4v) is 3.22. The van der Waals surface area contributed by atoms with Gasteiger partial charge in [-0.1, -0.05) is 0 Å². The second-order valence-electron chi connectivity index (χ2n) is 6.15. The van der Waals surface area contributed by atoms with Crippen LogP contribution in [0.3, 0.4) is 0 Å². The Kier molecular flexibility index (Phi) is 3.37. The average Bonchev–Trinajstić information content (AvgIpc) is 3.23. The van der Waals surface area contributed by atoms with E-state index in [0.717, 1.165) is 30.6 Å². The van der Waals surface area contributed by atoms with Crippen LogP contribution in [-0.2, 0) is 0 Å². The van der Waals surface area contributed by atoms with Crippen molar-refractivity contribution in [3.05, 3.63) is 54.5 Å². The molecule has 6 nitrogen and oxygen atoms in total. The van der Waals surface area contributed by atoms with Crippen LogP contribution in [0.15, 0.2) is 43.2 Å². The molecule has 0 spiro atoms. The number of carbonyl (C=O) groups excluding carboxylic acids is 1. The fraction of sp³-hybridized carbons (Fsp3) is 0.353. The summed E-state index contributed by atoms with van der Waals surface area (Å²) in [5.74, 6) is 0.0103. The maximum Gasteiger partial charge on any atom is 0.274 e. The van der Waals surface area contributed by atoms with E-state index in [0.29, 0.717) is 18.3 Å². The third-order valence-corrected chi connectivity index (χ3v) is 4.47. The van der Waals surface area contributed by atoms with E-state index in [1.807, 2.05) is 53.3 Å². The summed E-state index contributed by atoms with van der Waals surface area (Å²) in [5, 5.41) is 0. The highest BCUT2D eigenvalue weighted by molar-refractivity contribution is 5.93. The van der Waals surface area contributed by atoms with E-state index in [4.69, 9.17) is 0 Å². The zero-order valence-corrected chi connectivity index (χ0v) is 13.1. The van der Waals surface area contributed by atoms with E-state index in [9.17, 15) is 4.79 Å². The maximum absolute atomic E-state index is 12.8. The molecule has 3 aromatic heterocycles. The van der Waals surface area contributed by atoms with Crippen LogP contribution in [0.4, 0.5) is 0 Å². The van der Waals surface area contributed by atoms with Gasteiger partial charge in [-0.15, -0.1) is 0 Å². The number of carbonyl (C=O) groups is 1. The Balaban J connectivity index is 1.57. The first-order valence-electron chi connectivity index (χ1n) is 7.93. The third-order valence-electron chi connectivity index (χ3n) is 4.47. The lowest BCUT2D eigenvalue weighted by Gasteiger charge is -2.32. The van der Waals surface area contributed by atoms with Crippen LogP contribution >= 0.6 is 0 Å². The van der Waals surface area contributed by atoms with Gasteiger partial charge in [0.1, 0.15) is 11.3 Å². The molecule has 0 unspecified atom stereocenters. The molecule has 3 aromatic rings. The Bertz CT molecular complexity index is 836. The minimum absolute atomic E-state index is 0.0103. The molecule has 1 aliphatic rings. The van der Waals surface area contributed by atoms with Gasteiger partial charge in [-0.3, -0.25) is 4.79 Å². The van der Waals surface area contributed by atoms with Crippen LogP contribution in [0, 0.1) is 6.92 Å². The lowest BCUT2D eigenvalue weighted by Crippen LogP contribution is -2.40. The summed E-state index contributed by atoms with van der Waals surface area (Å²) in [7, 11) is 0. The quantitative estimate of drug-likeness (QED) is 0.730. The second-order valence-corrected chi connectivity index (χ2v) is 6.15. The van der Waals surface area contributed by atoms with Crippen molar-refractivity contribution in [2.24, 2.45) is 0 Å². The summed E-state index contributed by atoms with van der Waals surface area (Å²) in [5.41, 5.74) is 2.47. The summed E-state index contributed by atoms with van der Waals surface area (Å²) in [4.78, 5) is 23.3. The number of nitrogens with zero attached hydrogens (tertiary/aromatic N) is 5. The molecule has 0 N–H and O–H groups in total. The van der Waals surface area contributed by atoms with Gasteiger partial charge in [0.25, 0.3) is 5.91 Å². The van der Waals surface area contributed by atoms with Crippen LogP contribution in [0.1, 0.15) is 34.9 Å². The average molecular weight is 309 g/mol. The van der Waals surface area contributed by atoms with Crippen molar-refractivity contribution in [1.29, 1.82) is 0 Å². The van der Waals surface area contributed by atoms with E-state index >= 15 is 0 Å². The first-order valence-corrected chi connectivity index (χ1v) is 7.93. The number of likely N-dealkylation sites (tertiary alicyclic amines) is 1. The summed E-state index contributed by atoms with van der Waals surface area (Å²) in [6.45, 7) is 3.52. The SMILES string of the molecule is Cc1ccn2cc(C(=O)N3CCC[C@@H](n4ccnc4)C3)nc2c1. The Morgan fingerprint density at radius 3 is 3.09 bits per heavy atom. The topological polar surface area (TPSA) is 55.4 Å². The van der Waals surface area contributed by atoms with Gasteiger partial charge >= 0.3 is 0 Å². The predicted octanol–water partition coefficient (Wildman–Crippen LogP) is 2.32. The zero-order valence-electron chi connectivity index (χ0n) is 13.1. The van der Waals surface area contributed by atoms with Gasteiger partial charge in [0.15, 0.2) is 0 Å². The number of fused-ring (bicyclic) bond motifs is 1. The Morgan fingerprint density at radius 1 is 1.35 bits per heavy atom. The summed E-state index contributed by atoms with van der Waals surface area (Å²) < 4.78 is 3.99. The van der Waals surface area contributed by atoms with Crippen LogP contribution in [0.5, 0.6) is 0 Å². The van der Waals surface area contributed by atoms with Gasteiger partial charge < -0.3 is 13.9 Å². The molecule has 1 saturated heterocycles. The molecular weight excluding hydrogens is 290 g/mol. The van der Waals surface area contributed by atoms with Crippen LogP contribution in [0.2, 0.25) is 0 Å². The van der Waals surface area contributed by atoms with Gasteiger partial charge in [0, 0.05) is 37.9 Å². The number of imidazole rings is 2. The molecular formula is C17H19N5O. The molecule has 1 amide bonds. The number of aryl methyl sites for hydroxylation is 1. The molecule has 0 radical (unpaired) electrons. The lowest BCUT2D eigenvalue weighted by molar-refractivity contribution is 0.0674. The molecule has 1 aliphatic heterocycles. The normalized spacial score (nSPS) is 18.5. The van der Waals surface area contributed by atoms with Crippen molar-refractivity contribution < 1.29 is 4.79 Å². The van der Waals surface area contributed by atoms with Crippen LogP contribution in [0.25, 0.3) is 5.65 Å². The Morgan fingerprint density at radius 2 is 2.26 bits per heavy atom. The molecule has 0 aliphatic carbocycles. The lowest BCUT2D eigenvalue weighted by atomic mass is 10.1. The molecule has 23 heavy (non-hydrogen) atoms. The van der Waals surface area contributed by atoms with Gasteiger partial charge in [-0.2, -0.15) is 0 Å². The van der Waals surface area contributed by atoms with Gasteiger partial charge in [0.2, 0.25) is 0 Å². The molecule has 118 valence electrons. The van der Waals surface area contributed by atoms with Crippen molar-refractivity contribution in [3.63, 3.8) is 0 Å². The van der Waals surface area contributed by atoms with Crippen molar-refractivity contribution in [3.8, 4) is 0 Å². The van der Waals surface area contributed by atoms with Crippen molar-refractivity contribution >= 4 is 11.6 Å². The number of pyridine rings is 1. The van der Waals surface area contributed by atoms with Crippen molar-refractivity contribution in [2.45, 2.75) is 25.8 Å². The molecule has 0 saturated carbocycles. The standard InChI is InChI=1S/C17H19N5O/c1-13-4-7-20-11-15(19-16(20)9-13)17(23)21-6-2-3-14(10-21)22-8-5-18-12-22/h4-5,7-9,11-12,14H,2-3,6,10H2,1H3/t14-/m1/s1.